The zero-order valence-corrected chi connectivity index (χ0v) is 18.3. The van der Waals surface area contributed by atoms with Crippen LogP contribution in [0.2, 0.25) is 0 Å². The lowest BCUT2D eigenvalue weighted by molar-refractivity contribution is -0.114. The van der Waals surface area contributed by atoms with Gasteiger partial charge >= 0.3 is 0 Å². The minimum Gasteiger partial charge on any atom is -0.494 e. The molecule has 2 aromatic rings. The Morgan fingerprint density at radius 3 is 2.50 bits per heavy atom. The van der Waals surface area contributed by atoms with E-state index < -0.39 is 0 Å². The second kappa shape index (κ2) is 12.3. The van der Waals surface area contributed by atoms with E-state index in [2.05, 4.69) is 42.2 Å². The van der Waals surface area contributed by atoms with Crippen LogP contribution in [-0.4, -0.2) is 36.9 Å². The van der Waals surface area contributed by atoms with Gasteiger partial charge in [0.15, 0.2) is 5.78 Å². The molecule has 1 aliphatic heterocycles. The van der Waals surface area contributed by atoms with Gasteiger partial charge in [-0.2, -0.15) is 0 Å². The normalized spacial score (nSPS) is 15.5. The fraction of sp³-hybridized carbons (Fsp3) is 0.444. The summed E-state index contributed by atoms with van der Waals surface area (Å²) in [4.78, 5) is 14.7. The predicted molar refractivity (Wildman–Crippen MR) is 125 cm³/mol. The van der Waals surface area contributed by atoms with Gasteiger partial charge in [0.05, 0.1) is 6.61 Å². The first-order valence-electron chi connectivity index (χ1n) is 11.4. The number of likely N-dealkylation sites (tertiary alicyclic amines) is 1. The van der Waals surface area contributed by atoms with E-state index in [1.165, 1.54) is 24.8 Å². The Balaban J connectivity index is 1.34. The molecule has 0 aromatic heterocycles. The summed E-state index contributed by atoms with van der Waals surface area (Å²) in [7, 11) is 0. The molecule has 0 N–H and O–H groups in total. The fourth-order valence-corrected chi connectivity index (χ4v) is 3.91. The van der Waals surface area contributed by atoms with Crippen molar-refractivity contribution in [3.63, 3.8) is 0 Å². The molecule has 1 heterocycles. The van der Waals surface area contributed by atoms with Gasteiger partial charge < -0.3 is 9.64 Å². The van der Waals surface area contributed by atoms with Crippen molar-refractivity contribution < 1.29 is 9.53 Å². The smallest absolute Gasteiger partial charge is 0.156 e. The first-order valence-corrected chi connectivity index (χ1v) is 11.4. The highest BCUT2D eigenvalue weighted by molar-refractivity contribution is 5.93. The highest BCUT2D eigenvalue weighted by Gasteiger charge is 2.19. The maximum atomic E-state index is 12.3. The van der Waals surface area contributed by atoms with Gasteiger partial charge in [0.1, 0.15) is 5.75 Å². The number of piperidine rings is 1. The summed E-state index contributed by atoms with van der Waals surface area (Å²) in [5, 5.41) is 0. The molecule has 0 atom stereocenters. The lowest BCUT2D eigenvalue weighted by Gasteiger charge is -2.31. The summed E-state index contributed by atoms with van der Waals surface area (Å²) < 4.78 is 5.68. The topological polar surface area (TPSA) is 29.5 Å². The molecule has 1 aliphatic rings. The highest BCUT2D eigenvalue weighted by Crippen LogP contribution is 2.21. The molecular formula is C27H35NO2. The van der Waals surface area contributed by atoms with E-state index in [9.17, 15) is 4.79 Å². The third-order valence-electron chi connectivity index (χ3n) is 5.86. The molecule has 1 saturated heterocycles. The van der Waals surface area contributed by atoms with Crippen molar-refractivity contribution in [3.8, 4) is 5.75 Å². The molecule has 160 valence electrons. The molecular weight excluding hydrogens is 370 g/mol. The van der Waals surface area contributed by atoms with Gasteiger partial charge in [-0.1, -0.05) is 61.9 Å². The van der Waals surface area contributed by atoms with Gasteiger partial charge in [0.25, 0.3) is 0 Å². The van der Waals surface area contributed by atoms with Crippen LogP contribution in [-0.2, 0) is 11.2 Å². The molecule has 0 unspecified atom stereocenters. The number of ketones is 1. The average molecular weight is 406 g/mol. The van der Waals surface area contributed by atoms with E-state index in [4.69, 9.17) is 4.74 Å². The van der Waals surface area contributed by atoms with Crippen LogP contribution in [0, 0.1) is 5.92 Å². The summed E-state index contributed by atoms with van der Waals surface area (Å²) in [6, 6.07) is 18.7. The standard InChI is InChI=1S/C27H35NO2/c1-2-3-21-30-27-13-10-23(11-14-27)9-12-26(29)17-20-28-18-15-25(16-19-28)22-24-7-5-4-6-8-24/h4-14,25H,2-3,15-22H2,1H3. The Morgan fingerprint density at radius 2 is 1.80 bits per heavy atom. The second-order valence-electron chi connectivity index (χ2n) is 8.30. The van der Waals surface area contributed by atoms with Gasteiger partial charge in [-0.25, -0.2) is 0 Å². The minimum absolute atomic E-state index is 0.199. The summed E-state index contributed by atoms with van der Waals surface area (Å²) in [5.74, 6) is 1.86. The van der Waals surface area contributed by atoms with Gasteiger partial charge in [-0.05, 0) is 74.0 Å². The predicted octanol–water partition coefficient (Wildman–Crippen LogP) is 5.79. The number of unbranched alkanes of at least 4 members (excludes halogenated alkanes) is 1. The van der Waals surface area contributed by atoms with Crippen LogP contribution in [0.25, 0.3) is 6.08 Å². The Bertz CT molecular complexity index is 774. The van der Waals surface area contributed by atoms with Gasteiger partial charge in [0, 0.05) is 13.0 Å². The van der Waals surface area contributed by atoms with E-state index in [-0.39, 0.29) is 5.78 Å². The third-order valence-corrected chi connectivity index (χ3v) is 5.86. The van der Waals surface area contributed by atoms with Crippen LogP contribution in [0.5, 0.6) is 5.75 Å². The van der Waals surface area contributed by atoms with Gasteiger partial charge in [0.2, 0.25) is 0 Å². The first kappa shape index (κ1) is 22.3. The highest BCUT2D eigenvalue weighted by atomic mass is 16.5. The van der Waals surface area contributed by atoms with Gasteiger partial charge in [-0.3, -0.25) is 4.79 Å². The number of allylic oxidation sites excluding steroid dienone is 1. The molecule has 0 bridgehead atoms. The summed E-state index contributed by atoms with van der Waals surface area (Å²) in [6.45, 7) is 5.99. The number of ether oxygens (including phenoxy) is 1. The van der Waals surface area contributed by atoms with E-state index >= 15 is 0 Å². The monoisotopic (exact) mass is 405 g/mol. The number of rotatable bonds is 11. The van der Waals surface area contributed by atoms with Crippen LogP contribution in [0.1, 0.15) is 50.2 Å². The third kappa shape index (κ3) is 7.79. The number of benzene rings is 2. The van der Waals surface area contributed by atoms with Crippen molar-refractivity contribution in [1.82, 2.24) is 4.90 Å². The van der Waals surface area contributed by atoms with Crippen LogP contribution < -0.4 is 4.74 Å². The summed E-state index contributed by atoms with van der Waals surface area (Å²) in [6.07, 6.45) is 10.1. The maximum absolute atomic E-state index is 12.3. The molecule has 0 radical (unpaired) electrons. The molecule has 0 aliphatic carbocycles. The Morgan fingerprint density at radius 1 is 1.07 bits per heavy atom. The molecule has 30 heavy (non-hydrogen) atoms. The van der Waals surface area contributed by atoms with Crippen molar-refractivity contribution in [1.29, 1.82) is 0 Å². The van der Waals surface area contributed by atoms with Crippen LogP contribution in [0.15, 0.2) is 60.7 Å². The summed E-state index contributed by atoms with van der Waals surface area (Å²) in [5.41, 5.74) is 2.48. The molecule has 3 heteroatoms. The molecule has 3 rings (SSSR count). The minimum atomic E-state index is 0.199. The Labute approximate surface area is 181 Å². The lowest BCUT2D eigenvalue weighted by atomic mass is 9.90. The van der Waals surface area contributed by atoms with E-state index in [1.807, 2.05) is 30.3 Å². The number of nitrogens with zero attached hydrogens (tertiary/aromatic N) is 1. The quantitative estimate of drug-likeness (QED) is 0.350. The van der Waals surface area contributed by atoms with Gasteiger partial charge in [-0.15, -0.1) is 0 Å². The molecule has 2 aromatic carbocycles. The Kier molecular flexibility index (Phi) is 9.17. The lowest BCUT2D eigenvalue weighted by Crippen LogP contribution is -2.35. The molecule has 0 saturated carbocycles. The molecule has 3 nitrogen and oxygen atoms in total. The molecule has 0 amide bonds. The van der Waals surface area contributed by atoms with Crippen LogP contribution in [0.4, 0.5) is 0 Å². The number of hydrogen-bond donors (Lipinski definition) is 0. The van der Waals surface area contributed by atoms with Crippen LogP contribution in [0.3, 0.4) is 0 Å². The van der Waals surface area contributed by atoms with Crippen molar-refractivity contribution in [2.24, 2.45) is 5.92 Å². The number of hydrogen-bond acceptors (Lipinski definition) is 3. The fourth-order valence-electron chi connectivity index (χ4n) is 3.91. The van der Waals surface area contributed by atoms with E-state index in [0.29, 0.717) is 6.42 Å². The largest absolute Gasteiger partial charge is 0.494 e. The number of carbonyl (C=O) groups excluding carboxylic acids is 1. The Hall–Kier alpha value is -2.39. The number of carbonyl (C=O) groups is 1. The average Bonchev–Trinajstić information content (AvgIpc) is 2.79. The van der Waals surface area contributed by atoms with E-state index in [1.54, 1.807) is 6.08 Å². The SMILES string of the molecule is CCCCOc1ccc(C=CC(=O)CCN2CCC(Cc3ccccc3)CC2)cc1. The zero-order chi connectivity index (χ0) is 21.0. The van der Waals surface area contributed by atoms with Crippen LogP contribution >= 0.6 is 0 Å². The summed E-state index contributed by atoms with van der Waals surface area (Å²) >= 11 is 0. The van der Waals surface area contributed by atoms with Crippen molar-refractivity contribution in [3.05, 3.63) is 71.8 Å². The maximum Gasteiger partial charge on any atom is 0.156 e. The van der Waals surface area contributed by atoms with Crippen molar-refractivity contribution in [2.75, 3.05) is 26.2 Å². The van der Waals surface area contributed by atoms with Crippen molar-refractivity contribution >= 4 is 11.9 Å². The zero-order valence-electron chi connectivity index (χ0n) is 18.3. The molecule has 0 spiro atoms. The first-order chi connectivity index (χ1) is 14.7. The molecule has 1 fully saturated rings. The van der Waals surface area contributed by atoms with E-state index in [0.717, 1.165) is 56.3 Å². The second-order valence-corrected chi connectivity index (χ2v) is 8.30. The van der Waals surface area contributed by atoms with Crippen molar-refractivity contribution in [2.45, 2.75) is 45.4 Å².